The minimum atomic E-state index is -0.977. The van der Waals surface area contributed by atoms with Gasteiger partial charge >= 0.3 is 0 Å². The average molecular weight is 404 g/mol. The Morgan fingerprint density at radius 2 is 2.00 bits per heavy atom. The maximum Gasteiger partial charge on any atom is 0.235 e. The van der Waals surface area contributed by atoms with Crippen LogP contribution in [-0.2, 0) is 4.79 Å². The molecule has 28 heavy (non-hydrogen) atoms. The molecule has 2 unspecified atom stereocenters. The van der Waals surface area contributed by atoms with E-state index in [9.17, 15) is 13.6 Å². The van der Waals surface area contributed by atoms with Crippen molar-refractivity contribution in [3.05, 3.63) is 40.7 Å². The van der Waals surface area contributed by atoms with E-state index in [-0.39, 0.29) is 22.9 Å². The molecule has 148 valence electrons. The second kappa shape index (κ2) is 6.62. The third-order valence-electron chi connectivity index (χ3n) is 5.52. The van der Waals surface area contributed by atoms with Crippen molar-refractivity contribution in [3.63, 3.8) is 0 Å². The van der Waals surface area contributed by atoms with Crippen LogP contribution in [0.15, 0.2) is 18.2 Å². The fourth-order valence-corrected chi connectivity index (χ4v) is 4.70. The monoisotopic (exact) mass is 404 g/mol. The van der Waals surface area contributed by atoms with E-state index < -0.39 is 11.9 Å². The molecule has 2 aliphatic rings. The van der Waals surface area contributed by atoms with Gasteiger partial charge in [0.2, 0.25) is 17.8 Å². The molecule has 2 aromatic rings. The maximum atomic E-state index is 13.7. The van der Waals surface area contributed by atoms with Gasteiger partial charge in [-0.3, -0.25) is 9.69 Å². The largest absolute Gasteiger partial charge is 0.380 e. The maximum absolute atomic E-state index is 13.7. The molecule has 8 heteroatoms. The lowest BCUT2D eigenvalue weighted by Crippen LogP contribution is -2.44. The molecule has 0 saturated heterocycles. The van der Waals surface area contributed by atoms with E-state index in [1.54, 1.807) is 13.8 Å². The third-order valence-corrected chi connectivity index (χ3v) is 6.48. The van der Waals surface area contributed by atoms with Crippen LogP contribution in [0, 0.1) is 30.2 Å². The fourth-order valence-electron chi connectivity index (χ4n) is 3.75. The number of halogens is 2. The van der Waals surface area contributed by atoms with E-state index in [0.717, 1.165) is 41.2 Å². The number of aryl methyl sites for hydroxylation is 1. The lowest BCUT2D eigenvalue weighted by Gasteiger charge is -2.40. The molecule has 5 nitrogen and oxygen atoms in total. The highest BCUT2D eigenvalue weighted by Gasteiger charge is 2.46. The topological polar surface area (TPSA) is 58.1 Å². The standard InChI is InChI=1S/C20H22F2N4OS/c1-10(2)18(27)26(12-7-15(21)24-16(22)8-12)19-25-17(11(3)28-19)13-9-20(4)6-5-14(20)23-13/h7-10,14,23H,5-6H2,1-4H3. The normalized spacial score (nSPS) is 23.1. The number of nitrogens with zero attached hydrogens (tertiary/aromatic N) is 3. The van der Waals surface area contributed by atoms with Crippen LogP contribution in [-0.4, -0.2) is 21.9 Å². The van der Waals surface area contributed by atoms with Crippen LogP contribution in [0.4, 0.5) is 19.6 Å². The molecular weight excluding hydrogens is 382 g/mol. The number of hydrogen-bond donors (Lipinski definition) is 1. The van der Waals surface area contributed by atoms with Crippen LogP contribution >= 0.6 is 11.3 Å². The highest BCUT2D eigenvalue weighted by molar-refractivity contribution is 7.16. The Morgan fingerprint density at radius 1 is 1.32 bits per heavy atom. The minimum absolute atomic E-state index is 0.0874. The summed E-state index contributed by atoms with van der Waals surface area (Å²) in [6.07, 6.45) is 4.48. The highest BCUT2D eigenvalue weighted by Crippen LogP contribution is 2.49. The van der Waals surface area contributed by atoms with Crippen LogP contribution in [0.3, 0.4) is 0 Å². The van der Waals surface area contributed by atoms with Crippen LogP contribution in [0.1, 0.15) is 44.2 Å². The summed E-state index contributed by atoms with van der Waals surface area (Å²) in [6, 6.07) is 2.52. The summed E-state index contributed by atoms with van der Waals surface area (Å²) in [6.45, 7) is 7.64. The number of carbonyl (C=O) groups is 1. The number of fused-ring (bicyclic) bond motifs is 1. The van der Waals surface area contributed by atoms with E-state index in [2.05, 4.69) is 28.3 Å². The van der Waals surface area contributed by atoms with Crippen molar-refractivity contribution in [2.24, 2.45) is 11.3 Å². The number of nitrogens with one attached hydrogen (secondary N) is 1. The van der Waals surface area contributed by atoms with Gasteiger partial charge in [-0.15, -0.1) is 11.3 Å². The Kier molecular flexibility index (Phi) is 4.49. The van der Waals surface area contributed by atoms with Crippen LogP contribution in [0.25, 0.3) is 5.70 Å². The Hall–Kier alpha value is -2.35. The quantitative estimate of drug-likeness (QED) is 0.759. The van der Waals surface area contributed by atoms with Gasteiger partial charge in [-0.1, -0.05) is 26.8 Å². The van der Waals surface area contributed by atoms with Crippen LogP contribution < -0.4 is 10.2 Å². The first-order valence-corrected chi connectivity index (χ1v) is 10.1. The van der Waals surface area contributed by atoms with E-state index in [0.29, 0.717) is 11.2 Å². The summed E-state index contributed by atoms with van der Waals surface area (Å²) in [7, 11) is 0. The predicted molar refractivity (Wildman–Crippen MR) is 105 cm³/mol. The molecule has 1 fully saturated rings. The number of carbonyl (C=O) groups excluding carboxylic acids is 1. The zero-order valence-corrected chi connectivity index (χ0v) is 17.0. The molecule has 1 amide bonds. The minimum Gasteiger partial charge on any atom is -0.380 e. The number of amides is 1. The number of pyridine rings is 1. The molecule has 1 saturated carbocycles. The van der Waals surface area contributed by atoms with E-state index >= 15 is 0 Å². The Labute approximate surface area is 166 Å². The second-order valence-corrected chi connectivity index (χ2v) is 9.18. The Morgan fingerprint density at radius 3 is 2.50 bits per heavy atom. The van der Waals surface area contributed by atoms with Gasteiger partial charge in [-0.25, -0.2) is 4.98 Å². The molecule has 2 aromatic heterocycles. The first-order chi connectivity index (χ1) is 13.2. The zero-order valence-electron chi connectivity index (χ0n) is 16.2. The Bertz CT molecular complexity index is 966. The van der Waals surface area contributed by atoms with Crippen molar-refractivity contribution >= 4 is 33.8 Å². The van der Waals surface area contributed by atoms with Gasteiger partial charge < -0.3 is 5.32 Å². The van der Waals surface area contributed by atoms with Crippen molar-refractivity contribution in [1.29, 1.82) is 0 Å². The molecule has 2 atom stereocenters. The molecule has 1 aliphatic heterocycles. The zero-order chi connectivity index (χ0) is 20.2. The predicted octanol–water partition coefficient (Wildman–Crippen LogP) is 4.56. The van der Waals surface area contributed by atoms with Crippen molar-refractivity contribution in [3.8, 4) is 0 Å². The van der Waals surface area contributed by atoms with Crippen LogP contribution in [0.2, 0.25) is 0 Å². The molecule has 0 bridgehead atoms. The van der Waals surface area contributed by atoms with Gasteiger partial charge in [-0.2, -0.15) is 13.8 Å². The molecule has 1 N–H and O–H groups in total. The van der Waals surface area contributed by atoms with Gasteiger partial charge in [0.25, 0.3) is 0 Å². The molecule has 0 spiro atoms. The van der Waals surface area contributed by atoms with Crippen molar-refractivity contribution < 1.29 is 13.6 Å². The molecule has 1 aliphatic carbocycles. The van der Waals surface area contributed by atoms with Gasteiger partial charge in [0.1, 0.15) is 5.69 Å². The van der Waals surface area contributed by atoms with Crippen molar-refractivity contribution in [1.82, 2.24) is 15.3 Å². The number of aromatic nitrogens is 2. The van der Waals surface area contributed by atoms with Crippen molar-refractivity contribution in [2.45, 2.75) is 46.6 Å². The van der Waals surface area contributed by atoms with E-state index in [4.69, 9.17) is 0 Å². The number of rotatable bonds is 4. The average Bonchev–Trinajstić information content (AvgIpc) is 3.07. The lowest BCUT2D eigenvalue weighted by molar-refractivity contribution is -0.120. The summed E-state index contributed by atoms with van der Waals surface area (Å²) in [4.78, 5) is 22.9. The highest BCUT2D eigenvalue weighted by atomic mass is 32.1. The molecule has 4 rings (SSSR count). The Balaban J connectivity index is 1.77. The molecule has 0 radical (unpaired) electrons. The lowest BCUT2D eigenvalue weighted by atomic mass is 9.67. The number of hydrogen-bond acceptors (Lipinski definition) is 5. The summed E-state index contributed by atoms with van der Waals surface area (Å²) in [5, 5.41) is 3.91. The van der Waals surface area contributed by atoms with E-state index in [1.807, 2.05) is 6.92 Å². The van der Waals surface area contributed by atoms with Gasteiger partial charge in [0.05, 0.1) is 11.4 Å². The SMILES string of the molecule is Cc1sc(N(C(=O)C(C)C)c2cc(F)nc(F)c2)nc1C1=CC2(C)CCC2N1. The fraction of sp³-hybridized carbons (Fsp3) is 0.450. The van der Waals surface area contributed by atoms with E-state index in [1.165, 1.54) is 16.2 Å². The number of thiazole rings is 1. The smallest absolute Gasteiger partial charge is 0.235 e. The number of anilines is 2. The molecule has 3 heterocycles. The molecular formula is C20H22F2N4OS. The summed E-state index contributed by atoms with van der Waals surface area (Å²) < 4.78 is 27.4. The van der Waals surface area contributed by atoms with Gasteiger partial charge in [0.15, 0.2) is 5.13 Å². The summed E-state index contributed by atoms with van der Waals surface area (Å²) >= 11 is 1.33. The van der Waals surface area contributed by atoms with Gasteiger partial charge in [0, 0.05) is 34.4 Å². The summed E-state index contributed by atoms with van der Waals surface area (Å²) in [5.41, 5.74) is 1.99. The van der Waals surface area contributed by atoms with Gasteiger partial charge in [-0.05, 0) is 19.8 Å². The second-order valence-electron chi connectivity index (χ2n) is 8.00. The summed E-state index contributed by atoms with van der Waals surface area (Å²) in [5.74, 6) is -2.61. The molecule has 0 aromatic carbocycles. The van der Waals surface area contributed by atoms with Crippen molar-refractivity contribution in [2.75, 3.05) is 4.90 Å². The van der Waals surface area contributed by atoms with Crippen LogP contribution in [0.5, 0.6) is 0 Å². The first-order valence-electron chi connectivity index (χ1n) is 9.32. The third kappa shape index (κ3) is 3.09. The first kappa shape index (κ1) is 19.0.